The minimum absolute atomic E-state index is 0.200. The van der Waals surface area contributed by atoms with Crippen LogP contribution < -0.4 is 5.73 Å². The van der Waals surface area contributed by atoms with Crippen molar-refractivity contribution < 1.29 is 4.39 Å². The highest BCUT2D eigenvalue weighted by Gasteiger charge is 2.11. The maximum atomic E-state index is 13.2. The molecule has 1 heterocycles. The van der Waals surface area contributed by atoms with Crippen molar-refractivity contribution in [2.24, 2.45) is 12.8 Å². The molecule has 2 rings (SSSR count). The molecule has 0 fully saturated rings. The van der Waals surface area contributed by atoms with Gasteiger partial charge in [-0.25, -0.2) is 9.37 Å². The van der Waals surface area contributed by atoms with Gasteiger partial charge in [0.25, 0.3) is 0 Å². The van der Waals surface area contributed by atoms with E-state index >= 15 is 0 Å². The molecule has 0 spiro atoms. The Morgan fingerprint density at radius 2 is 2.24 bits per heavy atom. The summed E-state index contributed by atoms with van der Waals surface area (Å²) in [5.74, 6) is -0.263. The van der Waals surface area contributed by atoms with Crippen molar-refractivity contribution >= 4 is 11.8 Å². The van der Waals surface area contributed by atoms with Crippen LogP contribution in [0.1, 0.15) is 18.5 Å². The van der Waals surface area contributed by atoms with Crippen molar-refractivity contribution in [2.45, 2.75) is 23.0 Å². The second kappa shape index (κ2) is 4.89. The number of hydrogen-bond donors (Lipinski definition) is 1. The zero-order valence-electron chi connectivity index (χ0n) is 9.72. The van der Waals surface area contributed by atoms with Gasteiger partial charge in [-0.3, -0.25) is 0 Å². The first kappa shape index (κ1) is 12.1. The Hall–Kier alpha value is -1.33. The van der Waals surface area contributed by atoms with E-state index in [-0.39, 0.29) is 11.9 Å². The van der Waals surface area contributed by atoms with Gasteiger partial charge in [-0.1, -0.05) is 11.8 Å². The zero-order valence-corrected chi connectivity index (χ0v) is 10.5. The Morgan fingerprint density at radius 1 is 1.47 bits per heavy atom. The SMILES string of the molecule is C[C@@H](N)c1cc(F)ccc1Sc1nccn1C. The van der Waals surface area contributed by atoms with Crippen molar-refractivity contribution in [3.63, 3.8) is 0 Å². The summed E-state index contributed by atoms with van der Waals surface area (Å²) in [7, 11) is 1.92. The van der Waals surface area contributed by atoms with Gasteiger partial charge in [-0.05, 0) is 30.7 Å². The molecule has 90 valence electrons. The molecule has 0 aliphatic rings. The number of nitrogens with zero attached hydrogens (tertiary/aromatic N) is 2. The first-order chi connectivity index (χ1) is 8.08. The maximum absolute atomic E-state index is 13.2. The van der Waals surface area contributed by atoms with Crippen LogP contribution in [0.5, 0.6) is 0 Å². The number of benzene rings is 1. The third kappa shape index (κ3) is 2.68. The largest absolute Gasteiger partial charge is 0.329 e. The van der Waals surface area contributed by atoms with Crippen LogP contribution in [0.15, 0.2) is 40.6 Å². The Labute approximate surface area is 104 Å². The number of halogens is 1. The van der Waals surface area contributed by atoms with E-state index in [1.807, 2.05) is 24.7 Å². The summed E-state index contributed by atoms with van der Waals surface area (Å²) in [6, 6.07) is 4.47. The number of aromatic nitrogens is 2. The van der Waals surface area contributed by atoms with E-state index in [1.54, 1.807) is 12.3 Å². The summed E-state index contributed by atoms with van der Waals surface area (Å²) in [4.78, 5) is 5.17. The van der Waals surface area contributed by atoms with Crippen LogP contribution in [-0.4, -0.2) is 9.55 Å². The molecule has 0 bridgehead atoms. The summed E-state index contributed by atoms with van der Waals surface area (Å²) >= 11 is 1.49. The molecule has 1 aromatic heterocycles. The summed E-state index contributed by atoms with van der Waals surface area (Å²) in [5, 5.41) is 0.860. The fraction of sp³-hybridized carbons (Fsp3) is 0.250. The molecule has 0 saturated carbocycles. The summed E-state index contributed by atoms with van der Waals surface area (Å²) in [6.45, 7) is 1.84. The minimum Gasteiger partial charge on any atom is -0.329 e. The molecule has 2 N–H and O–H groups in total. The number of nitrogens with two attached hydrogens (primary N) is 1. The lowest BCUT2D eigenvalue weighted by Crippen LogP contribution is -2.07. The predicted molar refractivity (Wildman–Crippen MR) is 66.3 cm³/mol. The summed E-state index contributed by atoms with van der Waals surface area (Å²) in [6.07, 6.45) is 3.61. The minimum atomic E-state index is -0.263. The van der Waals surface area contributed by atoms with Gasteiger partial charge in [0.1, 0.15) is 5.82 Å². The molecule has 2 aromatic rings. The normalized spacial score (nSPS) is 12.7. The number of hydrogen-bond acceptors (Lipinski definition) is 3. The van der Waals surface area contributed by atoms with Gasteiger partial charge in [0.15, 0.2) is 5.16 Å². The van der Waals surface area contributed by atoms with Crippen LogP contribution in [-0.2, 0) is 7.05 Å². The number of rotatable bonds is 3. The van der Waals surface area contributed by atoms with Crippen molar-refractivity contribution in [3.8, 4) is 0 Å². The highest BCUT2D eigenvalue weighted by Crippen LogP contribution is 2.31. The van der Waals surface area contributed by atoms with E-state index in [9.17, 15) is 4.39 Å². The standard InChI is InChI=1S/C12H14FN3S/c1-8(14)10-7-9(13)3-4-11(10)17-12-15-5-6-16(12)2/h3-8H,14H2,1-2H3/t8-/m1/s1. The molecule has 1 atom stereocenters. The van der Waals surface area contributed by atoms with Gasteiger partial charge >= 0.3 is 0 Å². The third-order valence-electron chi connectivity index (χ3n) is 2.44. The Bertz CT molecular complexity index is 522. The molecule has 0 aliphatic heterocycles. The molecule has 5 heteroatoms. The lowest BCUT2D eigenvalue weighted by molar-refractivity contribution is 0.619. The van der Waals surface area contributed by atoms with Crippen LogP contribution in [0.25, 0.3) is 0 Å². The van der Waals surface area contributed by atoms with Gasteiger partial charge in [0, 0.05) is 30.4 Å². The first-order valence-corrected chi connectivity index (χ1v) is 6.10. The van der Waals surface area contributed by atoms with Crippen molar-refractivity contribution in [1.82, 2.24) is 9.55 Å². The highest BCUT2D eigenvalue weighted by atomic mass is 32.2. The molecule has 17 heavy (non-hydrogen) atoms. The fourth-order valence-electron chi connectivity index (χ4n) is 1.52. The van der Waals surface area contributed by atoms with Crippen molar-refractivity contribution in [3.05, 3.63) is 42.0 Å². The van der Waals surface area contributed by atoms with E-state index in [1.165, 1.54) is 23.9 Å². The highest BCUT2D eigenvalue weighted by molar-refractivity contribution is 7.99. The van der Waals surface area contributed by atoms with Gasteiger partial charge < -0.3 is 10.3 Å². The van der Waals surface area contributed by atoms with Crippen LogP contribution in [0.2, 0.25) is 0 Å². The fourth-order valence-corrected chi connectivity index (χ4v) is 2.53. The average molecular weight is 251 g/mol. The summed E-state index contributed by atoms with van der Waals surface area (Å²) < 4.78 is 15.1. The van der Waals surface area contributed by atoms with Crippen LogP contribution in [0.4, 0.5) is 4.39 Å². The van der Waals surface area contributed by atoms with Crippen LogP contribution in [0, 0.1) is 5.82 Å². The van der Waals surface area contributed by atoms with Gasteiger partial charge in [-0.2, -0.15) is 0 Å². The predicted octanol–water partition coefficient (Wildman–Crippen LogP) is 2.73. The number of imidazole rings is 1. The molecule has 0 amide bonds. The van der Waals surface area contributed by atoms with E-state index in [0.29, 0.717) is 0 Å². The van der Waals surface area contributed by atoms with E-state index in [2.05, 4.69) is 4.98 Å². The van der Waals surface area contributed by atoms with E-state index in [4.69, 9.17) is 5.73 Å². The number of aryl methyl sites for hydroxylation is 1. The van der Waals surface area contributed by atoms with E-state index < -0.39 is 0 Å². The Morgan fingerprint density at radius 3 is 2.82 bits per heavy atom. The quantitative estimate of drug-likeness (QED) is 0.912. The molecule has 0 radical (unpaired) electrons. The molecule has 0 saturated heterocycles. The summed E-state index contributed by atoms with van der Waals surface area (Å²) in [5.41, 5.74) is 6.65. The van der Waals surface area contributed by atoms with Gasteiger partial charge in [0.2, 0.25) is 0 Å². The van der Waals surface area contributed by atoms with Gasteiger partial charge in [-0.15, -0.1) is 0 Å². The zero-order chi connectivity index (χ0) is 12.4. The van der Waals surface area contributed by atoms with E-state index in [0.717, 1.165) is 15.6 Å². The van der Waals surface area contributed by atoms with Gasteiger partial charge in [0.05, 0.1) is 0 Å². The second-order valence-electron chi connectivity index (χ2n) is 3.89. The first-order valence-electron chi connectivity index (χ1n) is 5.28. The average Bonchev–Trinajstić information content (AvgIpc) is 2.67. The topological polar surface area (TPSA) is 43.8 Å². The Balaban J connectivity index is 2.36. The molecule has 0 aliphatic carbocycles. The maximum Gasteiger partial charge on any atom is 0.172 e. The lowest BCUT2D eigenvalue weighted by Gasteiger charge is -2.12. The van der Waals surface area contributed by atoms with Crippen LogP contribution >= 0.6 is 11.8 Å². The molecular weight excluding hydrogens is 237 g/mol. The van der Waals surface area contributed by atoms with Crippen LogP contribution in [0.3, 0.4) is 0 Å². The molecular formula is C12H14FN3S. The lowest BCUT2D eigenvalue weighted by atomic mass is 10.1. The monoisotopic (exact) mass is 251 g/mol. The molecule has 1 aromatic carbocycles. The third-order valence-corrected chi connectivity index (χ3v) is 3.61. The molecule has 3 nitrogen and oxygen atoms in total. The molecule has 0 unspecified atom stereocenters. The smallest absolute Gasteiger partial charge is 0.172 e. The second-order valence-corrected chi connectivity index (χ2v) is 4.90. The Kier molecular flexibility index (Phi) is 3.49. The van der Waals surface area contributed by atoms with Crippen molar-refractivity contribution in [1.29, 1.82) is 0 Å². The van der Waals surface area contributed by atoms with Crippen molar-refractivity contribution in [2.75, 3.05) is 0 Å².